The van der Waals surface area contributed by atoms with Gasteiger partial charge in [-0.1, -0.05) is 60.7 Å². The highest BCUT2D eigenvalue weighted by Gasteiger charge is 2.14. The van der Waals surface area contributed by atoms with Gasteiger partial charge in [-0.25, -0.2) is 0 Å². The smallest absolute Gasteiger partial charge is 0.305 e. The Hall–Kier alpha value is -2.13. The summed E-state index contributed by atoms with van der Waals surface area (Å²) in [6.07, 6.45) is 2.17. The summed E-state index contributed by atoms with van der Waals surface area (Å²) in [6, 6.07) is 20.8. The lowest BCUT2D eigenvalue weighted by Gasteiger charge is -2.18. The average molecular weight is 297 g/mol. The maximum Gasteiger partial charge on any atom is 0.305 e. The molecule has 0 atom stereocenters. The van der Waals surface area contributed by atoms with E-state index in [1.54, 1.807) is 0 Å². The van der Waals surface area contributed by atoms with Gasteiger partial charge in [-0.2, -0.15) is 0 Å². The molecule has 3 nitrogen and oxygen atoms in total. The van der Waals surface area contributed by atoms with Gasteiger partial charge in [0.25, 0.3) is 0 Å². The Morgan fingerprint density at radius 2 is 1.50 bits per heavy atom. The van der Waals surface area contributed by atoms with Gasteiger partial charge in [-0.3, -0.25) is 4.79 Å². The SMILES string of the molecule is NCCOC(=O)CCCC(c1ccccc1)c1ccccc1. The summed E-state index contributed by atoms with van der Waals surface area (Å²) in [6.45, 7) is 0.683. The maximum absolute atomic E-state index is 11.6. The Bertz CT molecular complexity index is 515. The summed E-state index contributed by atoms with van der Waals surface area (Å²) in [5, 5.41) is 0. The number of benzene rings is 2. The molecule has 22 heavy (non-hydrogen) atoms. The number of hydrogen-bond acceptors (Lipinski definition) is 3. The zero-order valence-corrected chi connectivity index (χ0v) is 12.8. The predicted molar refractivity (Wildman–Crippen MR) is 88.6 cm³/mol. The molecule has 2 rings (SSSR count). The first-order chi connectivity index (χ1) is 10.8. The Balaban J connectivity index is 1.99. The van der Waals surface area contributed by atoms with Crippen LogP contribution in [-0.4, -0.2) is 19.1 Å². The van der Waals surface area contributed by atoms with Crippen LogP contribution < -0.4 is 5.73 Å². The number of carbonyl (C=O) groups is 1. The van der Waals surface area contributed by atoms with E-state index in [2.05, 4.69) is 48.5 Å². The zero-order valence-electron chi connectivity index (χ0n) is 12.8. The number of ether oxygens (including phenoxy) is 1. The van der Waals surface area contributed by atoms with Crippen LogP contribution in [0.5, 0.6) is 0 Å². The summed E-state index contributed by atoms with van der Waals surface area (Å²) >= 11 is 0. The lowest BCUT2D eigenvalue weighted by atomic mass is 9.87. The second kappa shape index (κ2) is 9.00. The molecular weight excluding hydrogens is 274 g/mol. The van der Waals surface area contributed by atoms with Crippen molar-refractivity contribution in [1.82, 2.24) is 0 Å². The maximum atomic E-state index is 11.6. The van der Waals surface area contributed by atoms with Crippen molar-refractivity contribution in [1.29, 1.82) is 0 Å². The van der Waals surface area contributed by atoms with Gasteiger partial charge >= 0.3 is 5.97 Å². The summed E-state index contributed by atoms with van der Waals surface area (Å²) in [7, 11) is 0. The lowest BCUT2D eigenvalue weighted by molar-refractivity contribution is -0.143. The highest BCUT2D eigenvalue weighted by molar-refractivity contribution is 5.69. The summed E-state index contributed by atoms with van der Waals surface area (Å²) in [4.78, 5) is 11.6. The van der Waals surface area contributed by atoms with Crippen LogP contribution in [0.15, 0.2) is 60.7 Å². The molecule has 116 valence electrons. The molecule has 0 saturated carbocycles. The van der Waals surface area contributed by atoms with Crippen LogP contribution in [0.4, 0.5) is 0 Å². The first-order valence-corrected chi connectivity index (χ1v) is 7.77. The van der Waals surface area contributed by atoms with E-state index in [1.807, 2.05) is 12.1 Å². The van der Waals surface area contributed by atoms with E-state index in [4.69, 9.17) is 10.5 Å². The van der Waals surface area contributed by atoms with Crippen molar-refractivity contribution >= 4 is 5.97 Å². The number of esters is 1. The number of rotatable bonds is 8. The van der Waals surface area contributed by atoms with Crippen molar-refractivity contribution in [2.75, 3.05) is 13.2 Å². The number of hydrogen-bond donors (Lipinski definition) is 1. The molecule has 0 aromatic heterocycles. The van der Waals surface area contributed by atoms with E-state index in [-0.39, 0.29) is 5.97 Å². The second-order valence-corrected chi connectivity index (χ2v) is 5.28. The summed E-state index contributed by atoms with van der Waals surface area (Å²) in [5.74, 6) is 0.148. The normalized spacial score (nSPS) is 10.6. The fraction of sp³-hybridized carbons (Fsp3) is 0.316. The van der Waals surface area contributed by atoms with Crippen molar-refractivity contribution in [3.63, 3.8) is 0 Å². The second-order valence-electron chi connectivity index (χ2n) is 5.28. The van der Waals surface area contributed by atoms with Crippen molar-refractivity contribution in [2.24, 2.45) is 5.73 Å². The minimum absolute atomic E-state index is 0.162. The van der Waals surface area contributed by atoms with Gasteiger partial charge in [0.15, 0.2) is 0 Å². The fourth-order valence-electron chi connectivity index (χ4n) is 2.59. The molecule has 2 aromatic rings. The molecule has 0 heterocycles. The van der Waals surface area contributed by atoms with Crippen LogP contribution in [0.3, 0.4) is 0 Å². The predicted octanol–water partition coefficient (Wildman–Crippen LogP) is 3.49. The standard InChI is InChI=1S/C19H23NO2/c20-14-15-22-19(21)13-7-12-18(16-8-3-1-4-9-16)17-10-5-2-6-11-17/h1-6,8-11,18H,7,12-15,20H2. The third kappa shape index (κ3) is 5.01. The molecule has 2 aromatic carbocycles. The van der Waals surface area contributed by atoms with Crippen LogP contribution in [0.2, 0.25) is 0 Å². The summed E-state index contributed by atoms with van der Waals surface area (Å²) < 4.78 is 5.02. The topological polar surface area (TPSA) is 52.3 Å². The molecule has 0 saturated heterocycles. The first kappa shape index (κ1) is 16.2. The van der Waals surface area contributed by atoms with Crippen LogP contribution in [0.1, 0.15) is 36.3 Å². The molecule has 0 aliphatic heterocycles. The first-order valence-electron chi connectivity index (χ1n) is 7.77. The van der Waals surface area contributed by atoms with Gasteiger partial charge in [0.1, 0.15) is 6.61 Å². The molecule has 0 spiro atoms. The van der Waals surface area contributed by atoms with E-state index < -0.39 is 0 Å². The third-order valence-electron chi connectivity index (χ3n) is 3.66. The molecule has 0 bridgehead atoms. The van der Waals surface area contributed by atoms with E-state index >= 15 is 0 Å². The molecule has 0 amide bonds. The van der Waals surface area contributed by atoms with Crippen molar-refractivity contribution in [2.45, 2.75) is 25.2 Å². The van der Waals surface area contributed by atoms with E-state index in [0.717, 1.165) is 12.8 Å². The Morgan fingerprint density at radius 3 is 2.00 bits per heavy atom. The molecule has 0 radical (unpaired) electrons. The quantitative estimate of drug-likeness (QED) is 0.759. The third-order valence-corrected chi connectivity index (χ3v) is 3.66. The van der Waals surface area contributed by atoms with Gasteiger partial charge in [0.2, 0.25) is 0 Å². The van der Waals surface area contributed by atoms with E-state index in [0.29, 0.717) is 25.5 Å². The van der Waals surface area contributed by atoms with Gasteiger partial charge in [0.05, 0.1) is 0 Å². The number of nitrogens with two attached hydrogens (primary N) is 1. The van der Waals surface area contributed by atoms with E-state index in [1.165, 1.54) is 11.1 Å². The lowest BCUT2D eigenvalue weighted by Crippen LogP contribution is -2.13. The van der Waals surface area contributed by atoms with Gasteiger partial charge in [0, 0.05) is 18.9 Å². The molecular formula is C19H23NO2. The number of carbonyl (C=O) groups excluding carboxylic acids is 1. The minimum atomic E-state index is -0.162. The Labute approximate surface area is 132 Å². The summed E-state index contributed by atoms with van der Waals surface area (Å²) in [5.41, 5.74) is 7.89. The minimum Gasteiger partial charge on any atom is -0.464 e. The van der Waals surface area contributed by atoms with Gasteiger partial charge in [-0.15, -0.1) is 0 Å². The molecule has 2 N–H and O–H groups in total. The monoisotopic (exact) mass is 297 g/mol. The fourth-order valence-corrected chi connectivity index (χ4v) is 2.59. The van der Waals surface area contributed by atoms with Crippen molar-refractivity contribution < 1.29 is 9.53 Å². The van der Waals surface area contributed by atoms with Gasteiger partial charge < -0.3 is 10.5 Å². The molecule has 0 aliphatic rings. The molecule has 3 heteroatoms. The van der Waals surface area contributed by atoms with Crippen LogP contribution >= 0.6 is 0 Å². The molecule has 0 aliphatic carbocycles. The van der Waals surface area contributed by atoms with Crippen LogP contribution in [-0.2, 0) is 9.53 Å². The Kier molecular flexibility index (Phi) is 6.65. The molecule has 0 unspecified atom stereocenters. The highest BCUT2D eigenvalue weighted by atomic mass is 16.5. The van der Waals surface area contributed by atoms with Crippen LogP contribution in [0.25, 0.3) is 0 Å². The van der Waals surface area contributed by atoms with Crippen molar-refractivity contribution in [3.05, 3.63) is 71.8 Å². The average Bonchev–Trinajstić information content (AvgIpc) is 2.58. The highest BCUT2D eigenvalue weighted by Crippen LogP contribution is 2.29. The Morgan fingerprint density at radius 1 is 0.955 bits per heavy atom. The zero-order chi connectivity index (χ0) is 15.6. The van der Waals surface area contributed by atoms with E-state index in [9.17, 15) is 4.79 Å². The van der Waals surface area contributed by atoms with Crippen LogP contribution in [0, 0.1) is 0 Å². The molecule has 0 fully saturated rings. The van der Waals surface area contributed by atoms with Gasteiger partial charge in [-0.05, 0) is 24.0 Å². The van der Waals surface area contributed by atoms with Crippen molar-refractivity contribution in [3.8, 4) is 0 Å². The largest absolute Gasteiger partial charge is 0.464 e.